The zero-order valence-electron chi connectivity index (χ0n) is 16.1. The summed E-state index contributed by atoms with van der Waals surface area (Å²) in [6.45, 7) is 0. The molecule has 7 nitrogen and oxygen atoms in total. The zero-order chi connectivity index (χ0) is 21.4. The van der Waals surface area contributed by atoms with Crippen LogP contribution >= 0.6 is 0 Å². The van der Waals surface area contributed by atoms with Crippen molar-refractivity contribution in [1.82, 2.24) is 0 Å². The monoisotopic (exact) mass is 418 g/mol. The number of aromatic hydroxyl groups is 4. The van der Waals surface area contributed by atoms with Crippen LogP contribution in [0.15, 0.2) is 30.3 Å². The molecule has 4 N–H and O–H groups in total. The lowest BCUT2D eigenvalue weighted by Gasteiger charge is -2.35. The second-order valence-corrected chi connectivity index (χ2v) is 7.86. The maximum absolute atomic E-state index is 13.4. The van der Waals surface area contributed by atoms with Crippen LogP contribution in [0.5, 0.6) is 28.7 Å². The van der Waals surface area contributed by atoms with E-state index in [2.05, 4.69) is 0 Å². The number of carbonyl (C=O) groups is 1. The molecule has 0 saturated heterocycles. The van der Waals surface area contributed by atoms with Gasteiger partial charge in [-0.2, -0.15) is 0 Å². The van der Waals surface area contributed by atoms with Gasteiger partial charge in [0.15, 0.2) is 17.6 Å². The SMILES string of the molecule is O=C(O[C@@H]1Cc2c(O)cc(O)cc2O[C@@H]1c1ccc(O)c(O)c1)C1CCC(F)CC1. The van der Waals surface area contributed by atoms with Crippen molar-refractivity contribution in [2.75, 3.05) is 0 Å². The smallest absolute Gasteiger partial charge is 0.309 e. The van der Waals surface area contributed by atoms with Crippen LogP contribution < -0.4 is 4.74 Å². The van der Waals surface area contributed by atoms with Crippen LogP contribution in [-0.4, -0.2) is 38.7 Å². The van der Waals surface area contributed by atoms with Gasteiger partial charge in [-0.25, -0.2) is 4.39 Å². The maximum atomic E-state index is 13.4. The number of halogens is 1. The largest absolute Gasteiger partial charge is 0.508 e. The van der Waals surface area contributed by atoms with Crippen molar-refractivity contribution in [3.63, 3.8) is 0 Å². The summed E-state index contributed by atoms with van der Waals surface area (Å²) in [5.41, 5.74) is 0.835. The summed E-state index contributed by atoms with van der Waals surface area (Å²) in [5, 5.41) is 39.5. The van der Waals surface area contributed by atoms with Gasteiger partial charge in [-0.3, -0.25) is 4.79 Å². The van der Waals surface area contributed by atoms with Gasteiger partial charge >= 0.3 is 5.97 Å². The Morgan fingerprint density at radius 2 is 1.70 bits per heavy atom. The van der Waals surface area contributed by atoms with Crippen molar-refractivity contribution < 1.29 is 39.1 Å². The van der Waals surface area contributed by atoms with E-state index in [-0.39, 0.29) is 35.2 Å². The number of fused-ring (bicyclic) bond motifs is 1. The van der Waals surface area contributed by atoms with Crippen LogP contribution in [0.1, 0.15) is 42.9 Å². The molecule has 0 amide bonds. The van der Waals surface area contributed by atoms with E-state index in [9.17, 15) is 29.6 Å². The van der Waals surface area contributed by atoms with E-state index in [0.29, 0.717) is 36.8 Å². The molecule has 2 aromatic rings. The highest BCUT2D eigenvalue weighted by atomic mass is 19.1. The minimum Gasteiger partial charge on any atom is -0.508 e. The molecule has 4 rings (SSSR count). The normalized spacial score (nSPS) is 25.8. The summed E-state index contributed by atoms with van der Waals surface area (Å²) in [5.74, 6) is -1.65. The van der Waals surface area contributed by atoms with Crippen LogP contribution in [0.3, 0.4) is 0 Å². The van der Waals surface area contributed by atoms with Crippen molar-refractivity contribution in [3.8, 4) is 28.7 Å². The average Bonchev–Trinajstić information content (AvgIpc) is 2.70. The minimum atomic E-state index is -0.892. The number of hydrogen-bond acceptors (Lipinski definition) is 7. The minimum absolute atomic E-state index is 0.123. The van der Waals surface area contributed by atoms with Crippen molar-refractivity contribution >= 4 is 5.97 Å². The Kier molecular flexibility index (Phi) is 5.32. The molecule has 1 heterocycles. The Balaban J connectivity index is 1.63. The maximum Gasteiger partial charge on any atom is 0.309 e. The van der Waals surface area contributed by atoms with Gasteiger partial charge in [-0.05, 0) is 37.8 Å². The van der Waals surface area contributed by atoms with Crippen molar-refractivity contribution in [3.05, 3.63) is 41.5 Å². The molecule has 1 aliphatic heterocycles. The third-order valence-corrected chi connectivity index (χ3v) is 5.75. The van der Waals surface area contributed by atoms with Crippen molar-refractivity contribution in [1.29, 1.82) is 0 Å². The number of rotatable bonds is 3. The van der Waals surface area contributed by atoms with Gasteiger partial charge < -0.3 is 29.9 Å². The fourth-order valence-corrected chi connectivity index (χ4v) is 4.09. The topological polar surface area (TPSA) is 116 Å². The van der Waals surface area contributed by atoms with E-state index < -0.39 is 30.3 Å². The predicted molar refractivity (Wildman–Crippen MR) is 103 cm³/mol. The van der Waals surface area contributed by atoms with E-state index in [1.54, 1.807) is 0 Å². The summed E-state index contributed by atoms with van der Waals surface area (Å²) < 4.78 is 25.1. The summed E-state index contributed by atoms with van der Waals surface area (Å²) >= 11 is 0. The average molecular weight is 418 g/mol. The number of phenolic OH excluding ortho intramolecular Hbond substituents is 4. The second kappa shape index (κ2) is 7.93. The Morgan fingerprint density at radius 1 is 0.967 bits per heavy atom. The van der Waals surface area contributed by atoms with E-state index in [1.807, 2.05) is 0 Å². The third kappa shape index (κ3) is 3.94. The molecule has 0 spiro atoms. The lowest BCUT2D eigenvalue weighted by molar-refractivity contribution is -0.161. The molecule has 0 unspecified atom stereocenters. The van der Waals surface area contributed by atoms with Gasteiger partial charge in [-0.1, -0.05) is 6.07 Å². The molecule has 30 heavy (non-hydrogen) atoms. The molecule has 2 atom stereocenters. The van der Waals surface area contributed by atoms with Crippen LogP contribution in [0.25, 0.3) is 0 Å². The zero-order valence-corrected chi connectivity index (χ0v) is 16.1. The molecule has 2 aromatic carbocycles. The van der Waals surface area contributed by atoms with Crippen LogP contribution in [0, 0.1) is 5.92 Å². The summed E-state index contributed by atoms with van der Waals surface area (Å²) in [6.07, 6.45) is -0.978. The van der Waals surface area contributed by atoms with Gasteiger partial charge in [0.05, 0.1) is 5.92 Å². The number of esters is 1. The van der Waals surface area contributed by atoms with Gasteiger partial charge in [0.2, 0.25) is 0 Å². The van der Waals surface area contributed by atoms with Gasteiger partial charge in [0.25, 0.3) is 0 Å². The fourth-order valence-electron chi connectivity index (χ4n) is 4.09. The quantitative estimate of drug-likeness (QED) is 0.444. The molecule has 160 valence electrons. The Bertz CT molecular complexity index is 953. The first-order valence-corrected chi connectivity index (χ1v) is 9.89. The standard InChI is InChI=1S/C22H23FO7/c23-13-4-1-11(2-5-13)22(28)30-20-10-15-17(26)8-14(24)9-19(15)29-21(20)12-3-6-16(25)18(27)7-12/h3,6-9,11,13,20-21,24-27H,1-2,4-5,10H2/t11?,13?,20-,21-/m1/s1. The number of carbonyl (C=O) groups excluding carboxylic acids is 1. The van der Waals surface area contributed by atoms with Crippen LogP contribution in [0.2, 0.25) is 0 Å². The first-order chi connectivity index (χ1) is 14.3. The summed E-state index contributed by atoms with van der Waals surface area (Å²) in [4.78, 5) is 12.7. The fraction of sp³-hybridized carbons (Fsp3) is 0.409. The summed E-state index contributed by atoms with van der Waals surface area (Å²) in [6, 6.07) is 6.66. The molecule has 2 aliphatic rings. The van der Waals surface area contributed by atoms with Gasteiger partial charge in [-0.15, -0.1) is 0 Å². The first kappa shape index (κ1) is 20.1. The molecular weight excluding hydrogens is 395 g/mol. The van der Waals surface area contributed by atoms with Crippen LogP contribution in [0.4, 0.5) is 4.39 Å². The number of ether oxygens (including phenoxy) is 2. The molecule has 0 radical (unpaired) electrons. The van der Waals surface area contributed by atoms with Gasteiger partial charge in [0.1, 0.15) is 29.5 Å². The Morgan fingerprint density at radius 3 is 2.40 bits per heavy atom. The predicted octanol–water partition coefficient (Wildman–Crippen LogP) is 3.63. The van der Waals surface area contributed by atoms with Crippen molar-refractivity contribution in [2.24, 2.45) is 5.92 Å². The molecular formula is C22H23FO7. The van der Waals surface area contributed by atoms with E-state index in [0.717, 1.165) is 0 Å². The lowest BCUT2D eigenvalue weighted by atomic mass is 9.88. The highest BCUT2D eigenvalue weighted by molar-refractivity contribution is 5.73. The number of alkyl halides is 1. The van der Waals surface area contributed by atoms with E-state index >= 15 is 0 Å². The Labute approximate surface area is 172 Å². The molecule has 1 saturated carbocycles. The number of benzene rings is 2. The molecule has 1 aliphatic carbocycles. The number of hydrogen-bond donors (Lipinski definition) is 4. The van der Waals surface area contributed by atoms with E-state index in [4.69, 9.17) is 9.47 Å². The second-order valence-electron chi connectivity index (χ2n) is 7.86. The van der Waals surface area contributed by atoms with Crippen LogP contribution in [-0.2, 0) is 16.0 Å². The molecule has 1 fully saturated rings. The summed E-state index contributed by atoms with van der Waals surface area (Å²) in [7, 11) is 0. The van der Waals surface area contributed by atoms with E-state index in [1.165, 1.54) is 30.3 Å². The molecule has 0 aromatic heterocycles. The highest BCUT2D eigenvalue weighted by Crippen LogP contribution is 2.44. The Hall–Kier alpha value is -3.16. The van der Waals surface area contributed by atoms with Gasteiger partial charge in [0, 0.05) is 29.7 Å². The lowest BCUT2D eigenvalue weighted by Crippen LogP contribution is -2.37. The highest BCUT2D eigenvalue weighted by Gasteiger charge is 2.38. The third-order valence-electron chi connectivity index (χ3n) is 5.75. The molecule has 0 bridgehead atoms. The van der Waals surface area contributed by atoms with Crippen molar-refractivity contribution in [2.45, 2.75) is 50.5 Å². The first-order valence-electron chi connectivity index (χ1n) is 9.89. The number of phenols is 4. The molecule has 8 heteroatoms.